The van der Waals surface area contributed by atoms with Gasteiger partial charge in [0.1, 0.15) is 24.2 Å². The molecule has 3 aromatic carbocycles. The van der Waals surface area contributed by atoms with E-state index in [2.05, 4.69) is 10.2 Å². The second-order valence-corrected chi connectivity index (χ2v) is 9.58. The second kappa shape index (κ2) is 10.7. The van der Waals surface area contributed by atoms with Gasteiger partial charge in [0.05, 0.1) is 23.7 Å². The molecule has 1 aliphatic heterocycles. The maximum Gasteiger partial charge on any atom is 0.307 e. The minimum absolute atomic E-state index is 0.126. The van der Waals surface area contributed by atoms with Gasteiger partial charge in [0.15, 0.2) is 0 Å². The molecule has 0 radical (unpaired) electrons. The third-order valence-corrected chi connectivity index (χ3v) is 6.73. The third kappa shape index (κ3) is 5.69. The van der Waals surface area contributed by atoms with E-state index in [1.165, 1.54) is 0 Å². The number of aliphatic carboxylic acids is 1. The van der Waals surface area contributed by atoms with E-state index in [0.717, 1.165) is 11.3 Å². The first-order valence-electron chi connectivity index (χ1n) is 11.3. The predicted octanol–water partition coefficient (Wildman–Crippen LogP) is 5.77. The van der Waals surface area contributed by atoms with Crippen LogP contribution < -0.4 is 19.7 Å². The number of hydrogen-bond acceptors (Lipinski definition) is 5. The fourth-order valence-corrected chi connectivity index (χ4v) is 4.46. The van der Waals surface area contributed by atoms with Gasteiger partial charge in [0.2, 0.25) is 0 Å². The van der Waals surface area contributed by atoms with E-state index in [4.69, 9.17) is 37.8 Å². The average molecular weight is 529 g/mol. The summed E-state index contributed by atoms with van der Waals surface area (Å²) in [5.74, 6) is -0.134. The fourth-order valence-electron chi connectivity index (χ4n) is 4.08. The van der Waals surface area contributed by atoms with Gasteiger partial charge in [-0.05, 0) is 60.9 Å². The van der Waals surface area contributed by atoms with Gasteiger partial charge in [-0.3, -0.25) is 9.59 Å². The van der Waals surface area contributed by atoms with Crippen molar-refractivity contribution in [2.24, 2.45) is 0 Å². The summed E-state index contributed by atoms with van der Waals surface area (Å²) in [6.07, 6.45) is -0.361. The molecule has 1 aliphatic rings. The highest BCUT2D eigenvalue weighted by Gasteiger charge is 2.25. The Labute approximate surface area is 219 Å². The van der Waals surface area contributed by atoms with Gasteiger partial charge in [-0.1, -0.05) is 35.3 Å². The molecule has 7 nitrogen and oxygen atoms in total. The summed E-state index contributed by atoms with van der Waals surface area (Å²) < 4.78 is 12.0. The Hall–Kier alpha value is -3.42. The number of nitrogens with zero attached hydrogens (tertiary/aromatic N) is 1. The highest BCUT2D eigenvalue weighted by Crippen LogP contribution is 2.36. The number of benzene rings is 3. The quantitative estimate of drug-likeness (QED) is 0.405. The number of aryl methyl sites for hydroxylation is 1. The number of anilines is 2. The molecule has 0 aliphatic carbocycles. The lowest BCUT2D eigenvalue weighted by atomic mass is 10.1. The van der Waals surface area contributed by atoms with Crippen molar-refractivity contribution < 1.29 is 24.2 Å². The van der Waals surface area contributed by atoms with Gasteiger partial charge >= 0.3 is 5.97 Å². The number of rotatable bonds is 7. The zero-order valence-electron chi connectivity index (χ0n) is 20.1. The Morgan fingerprint density at radius 3 is 2.67 bits per heavy atom. The number of carbonyl (C=O) groups excluding carboxylic acids is 1. The molecule has 188 valence electrons. The van der Waals surface area contributed by atoms with Gasteiger partial charge in [-0.2, -0.15) is 0 Å². The topological polar surface area (TPSA) is 88.1 Å². The van der Waals surface area contributed by atoms with Crippen LogP contribution in [-0.2, 0) is 11.2 Å². The molecule has 0 bridgehead atoms. The zero-order valence-corrected chi connectivity index (χ0v) is 21.6. The van der Waals surface area contributed by atoms with E-state index >= 15 is 0 Å². The first kappa shape index (κ1) is 25.7. The lowest BCUT2D eigenvalue weighted by Crippen LogP contribution is -2.41. The number of carboxylic acid groups (broad SMARTS) is 1. The Morgan fingerprint density at radius 1 is 1.14 bits per heavy atom. The van der Waals surface area contributed by atoms with Crippen LogP contribution in [0.2, 0.25) is 10.0 Å². The lowest BCUT2D eigenvalue weighted by Gasteiger charge is -2.33. The van der Waals surface area contributed by atoms with Crippen LogP contribution >= 0.6 is 23.2 Å². The molecule has 9 heteroatoms. The van der Waals surface area contributed by atoms with Crippen LogP contribution in [0, 0.1) is 13.8 Å². The largest absolute Gasteiger partial charge is 0.488 e. The minimum atomic E-state index is -0.937. The minimum Gasteiger partial charge on any atom is -0.488 e. The summed E-state index contributed by atoms with van der Waals surface area (Å²) in [6.45, 7) is 4.48. The standard InChI is InChI=1S/C27H26Cl2N2O5/c1-15-4-5-17(11-25(32)33)10-21(15)30-27(34)20-7-9-23(26(29)16(20)2)35-14-19-13-31(3)22-8-6-18(28)12-24(22)36-19/h4-10,12,19H,11,13-14H2,1-3H3,(H,30,34)(H,32,33)/t19-/m0/s1. The smallest absolute Gasteiger partial charge is 0.307 e. The van der Waals surface area contributed by atoms with Gasteiger partial charge in [0, 0.05) is 29.4 Å². The van der Waals surface area contributed by atoms with E-state index in [0.29, 0.717) is 50.5 Å². The van der Waals surface area contributed by atoms with Crippen molar-refractivity contribution in [2.45, 2.75) is 26.4 Å². The zero-order chi connectivity index (χ0) is 26.0. The second-order valence-electron chi connectivity index (χ2n) is 8.77. The monoisotopic (exact) mass is 528 g/mol. The summed E-state index contributed by atoms with van der Waals surface area (Å²) in [5.41, 5.74) is 3.90. The molecule has 0 saturated carbocycles. The predicted molar refractivity (Wildman–Crippen MR) is 141 cm³/mol. The van der Waals surface area contributed by atoms with Crippen LogP contribution in [-0.4, -0.2) is 43.3 Å². The summed E-state index contributed by atoms with van der Waals surface area (Å²) in [6, 6.07) is 14.0. The average Bonchev–Trinajstić information content (AvgIpc) is 2.81. The number of carbonyl (C=O) groups is 2. The molecule has 1 amide bonds. The Balaban J connectivity index is 1.45. The molecule has 0 saturated heterocycles. The Kier molecular flexibility index (Phi) is 7.62. The van der Waals surface area contributed by atoms with Gasteiger partial charge in [0.25, 0.3) is 5.91 Å². The summed E-state index contributed by atoms with van der Waals surface area (Å²) in [5, 5.41) is 12.8. The SMILES string of the molecule is Cc1ccc(CC(=O)O)cc1NC(=O)c1ccc(OC[C@@H]2CN(C)c3ccc(Cl)cc3O2)c(Cl)c1C. The fraction of sp³-hybridized carbons (Fsp3) is 0.259. The Bertz CT molecular complexity index is 1330. The molecule has 0 unspecified atom stereocenters. The van der Waals surface area contributed by atoms with Crippen molar-refractivity contribution in [1.82, 2.24) is 0 Å². The molecule has 4 rings (SSSR count). The highest BCUT2D eigenvalue weighted by atomic mass is 35.5. The van der Waals surface area contributed by atoms with Crippen molar-refractivity contribution in [3.05, 3.63) is 80.8 Å². The Morgan fingerprint density at radius 2 is 1.92 bits per heavy atom. The van der Waals surface area contributed by atoms with Crippen LogP contribution in [0.25, 0.3) is 0 Å². The van der Waals surface area contributed by atoms with Crippen LogP contribution in [0.15, 0.2) is 48.5 Å². The number of carboxylic acids is 1. The van der Waals surface area contributed by atoms with E-state index in [1.807, 2.05) is 26.1 Å². The lowest BCUT2D eigenvalue weighted by molar-refractivity contribution is -0.136. The number of ether oxygens (including phenoxy) is 2. The molecule has 0 fully saturated rings. The van der Waals surface area contributed by atoms with Crippen LogP contribution in [0.3, 0.4) is 0 Å². The maximum absolute atomic E-state index is 13.0. The van der Waals surface area contributed by atoms with Crippen molar-refractivity contribution in [2.75, 3.05) is 30.4 Å². The number of likely N-dealkylation sites (N-methyl/N-ethyl adjacent to an activating group) is 1. The number of fused-ring (bicyclic) bond motifs is 1. The van der Waals surface area contributed by atoms with Gasteiger partial charge in [-0.15, -0.1) is 0 Å². The van der Waals surface area contributed by atoms with Crippen LogP contribution in [0.1, 0.15) is 27.0 Å². The van der Waals surface area contributed by atoms with E-state index in [-0.39, 0.29) is 25.0 Å². The van der Waals surface area contributed by atoms with Crippen LogP contribution in [0.5, 0.6) is 11.5 Å². The molecule has 1 atom stereocenters. The molecule has 1 heterocycles. The molecule has 0 spiro atoms. The van der Waals surface area contributed by atoms with E-state index in [9.17, 15) is 9.59 Å². The molecule has 0 aromatic heterocycles. The first-order chi connectivity index (χ1) is 17.1. The number of halogens is 2. The van der Waals surface area contributed by atoms with Crippen molar-refractivity contribution in [1.29, 1.82) is 0 Å². The number of amides is 1. The van der Waals surface area contributed by atoms with Crippen molar-refractivity contribution in [3.63, 3.8) is 0 Å². The van der Waals surface area contributed by atoms with Crippen molar-refractivity contribution >= 4 is 46.5 Å². The number of hydrogen-bond donors (Lipinski definition) is 2. The third-order valence-electron chi connectivity index (χ3n) is 6.03. The summed E-state index contributed by atoms with van der Waals surface area (Å²) >= 11 is 12.7. The van der Waals surface area contributed by atoms with E-state index < -0.39 is 5.97 Å². The van der Waals surface area contributed by atoms with Crippen molar-refractivity contribution in [3.8, 4) is 11.5 Å². The highest BCUT2D eigenvalue weighted by molar-refractivity contribution is 6.33. The maximum atomic E-state index is 13.0. The molecule has 3 aromatic rings. The van der Waals surface area contributed by atoms with Gasteiger partial charge in [-0.25, -0.2) is 0 Å². The molecular formula is C27H26Cl2N2O5. The van der Waals surface area contributed by atoms with Gasteiger partial charge < -0.3 is 24.8 Å². The van der Waals surface area contributed by atoms with E-state index in [1.54, 1.807) is 43.3 Å². The number of nitrogens with one attached hydrogen (secondary N) is 1. The summed E-state index contributed by atoms with van der Waals surface area (Å²) in [4.78, 5) is 26.1. The normalized spacial score (nSPS) is 14.6. The molecule has 36 heavy (non-hydrogen) atoms. The molecule has 2 N–H and O–H groups in total. The summed E-state index contributed by atoms with van der Waals surface area (Å²) in [7, 11) is 1.98. The molecular weight excluding hydrogens is 503 g/mol. The first-order valence-corrected chi connectivity index (χ1v) is 12.1. The van der Waals surface area contributed by atoms with Crippen LogP contribution in [0.4, 0.5) is 11.4 Å².